The van der Waals surface area contributed by atoms with E-state index in [4.69, 9.17) is 27.9 Å². The summed E-state index contributed by atoms with van der Waals surface area (Å²) in [6.07, 6.45) is 1.67. The Balaban J connectivity index is 1.48. The minimum Gasteiger partial charge on any atom is -0.375 e. The Morgan fingerprint density at radius 1 is 1.29 bits per heavy atom. The van der Waals surface area contributed by atoms with Crippen molar-refractivity contribution < 1.29 is 9.53 Å². The minimum absolute atomic E-state index is 0.261. The number of nitrogens with one attached hydrogen (secondary N) is 1. The first-order valence-corrected chi connectivity index (χ1v) is 7.87. The number of pyridine rings is 1. The Hall–Kier alpha value is -2.22. The molecule has 0 atom stereocenters. The molecule has 3 rings (SSSR count). The molecule has 1 aromatic carbocycles. The molecule has 1 N–H and O–H groups in total. The van der Waals surface area contributed by atoms with Crippen LogP contribution in [0.1, 0.15) is 15.9 Å². The van der Waals surface area contributed by atoms with Crippen molar-refractivity contribution in [3.63, 3.8) is 0 Å². The lowest BCUT2D eigenvalue weighted by Gasteiger charge is -2.08. The van der Waals surface area contributed by atoms with E-state index in [1.807, 2.05) is 6.07 Å². The molecule has 1 amide bonds. The highest BCUT2D eigenvalue weighted by atomic mass is 35.5. The molecule has 0 unspecified atom stereocenters. The zero-order valence-electron chi connectivity index (χ0n) is 12.4. The summed E-state index contributed by atoms with van der Waals surface area (Å²) in [6, 6.07) is 8.59. The fourth-order valence-corrected chi connectivity index (χ4v) is 2.56. The number of aromatic nitrogens is 4. The second-order valence-electron chi connectivity index (χ2n) is 4.91. The number of amides is 1. The molecule has 9 heteroatoms. The van der Waals surface area contributed by atoms with Gasteiger partial charge in [-0.15, -0.1) is 5.10 Å². The van der Waals surface area contributed by atoms with Crippen LogP contribution >= 0.6 is 23.2 Å². The van der Waals surface area contributed by atoms with E-state index in [0.29, 0.717) is 41.0 Å². The monoisotopic (exact) mass is 365 g/mol. The Kier molecular flexibility index (Phi) is 5.24. The molecule has 24 heavy (non-hydrogen) atoms. The third kappa shape index (κ3) is 3.81. The average molecular weight is 366 g/mol. The van der Waals surface area contributed by atoms with Crippen LogP contribution in [0.3, 0.4) is 0 Å². The van der Waals surface area contributed by atoms with Gasteiger partial charge < -0.3 is 10.1 Å². The number of hydrogen-bond acceptors (Lipinski definition) is 5. The van der Waals surface area contributed by atoms with Crippen LogP contribution in [0.2, 0.25) is 10.0 Å². The lowest BCUT2D eigenvalue weighted by molar-refractivity contribution is 0.0902. The van der Waals surface area contributed by atoms with Crippen LogP contribution in [0, 0.1) is 0 Å². The number of fused-ring (bicyclic) bond motifs is 1. The van der Waals surface area contributed by atoms with Gasteiger partial charge in [0.25, 0.3) is 5.91 Å². The number of hydrogen-bond donors (Lipinski definition) is 1. The van der Waals surface area contributed by atoms with Crippen LogP contribution in [0.15, 0.2) is 36.5 Å². The van der Waals surface area contributed by atoms with E-state index in [2.05, 4.69) is 20.8 Å². The molecule has 0 spiro atoms. The molecule has 0 aliphatic rings. The van der Waals surface area contributed by atoms with Gasteiger partial charge in [-0.25, -0.2) is 0 Å². The number of rotatable bonds is 6. The van der Waals surface area contributed by atoms with Gasteiger partial charge in [-0.1, -0.05) is 29.3 Å². The molecule has 2 heterocycles. The van der Waals surface area contributed by atoms with Crippen molar-refractivity contribution >= 4 is 34.8 Å². The zero-order chi connectivity index (χ0) is 16.9. The zero-order valence-corrected chi connectivity index (χ0v) is 14.0. The van der Waals surface area contributed by atoms with Gasteiger partial charge in [0, 0.05) is 22.8 Å². The van der Waals surface area contributed by atoms with Crippen molar-refractivity contribution in [2.75, 3.05) is 13.2 Å². The van der Waals surface area contributed by atoms with Crippen LogP contribution in [0.25, 0.3) is 5.65 Å². The fraction of sp³-hybridized carbons (Fsp3) is 0.200. The van der Waals surface area contributed by atoms with Crippen molar-refractivity contribution in [1.29, 1.82) is 0 Å². The summed E-state index contributed by atoms with van der Waals surface area (Å²) in [6.45, 7) is 1.04. The first-order chi connectivity index (χ1) is 11.6. The minimum atomic E-state index is -0.261. The molecule has 0 bridgehead atoms. The SMILES string of the molecule is O=C(NCCOCc1ccc(Cl)cc1Cl)c1cccn2nnnc12. The third-order valence-electron chi connectivity index (χ3n) is 3.27. The van der Waals surface area contributed by atoms with Gasteiger partial charge in [0.2, 0.25) is 0 Å². The molecule has 2 aromatic heterocycles. The predicted molar refractivity (Wildman–Crippen MR) is 89.2 cm³/mol. The Bertz CT molecular complexity index is 868. The number of tetrazole rings is 1. The second kappa shape index (κ2) is 7.57. The molecule has 0 radical (unpaired) electrons. The summed E-state index contributed by atoms with van der Waals surface area (Å²) in [4.78, 5) is 12.2. The molecular formula is C15H13Cl2N5O2. The number of ether oxygens (including phenoxy) is 1. The quantitative estimate of drug-likeness (QED) is 0.678. The van der Waals surface area contributed by atoms with Crippen LogP contribution in [0.5, 0.6) is 0 Å². The highest BCUT2D eigenvalue weighted by Crippen LogP contribution is 2.21. The molecule has 7 nitrogen and oxygen atoms in total. The van der Waals surface area contributed by atoms with Crippen molar-refractivity contribution in [2.24, 2.45) is 0 Å². The van der Waals surface area contributed by atoms with Gasteiger partial charge in [-0.05, 0) is 40.3 Å². The highest BCUT2D eigenvalue weighted by molar-refractivity contribution is 6.35. The first-order valence-electron chi connectivity index (χ1n) is 7.12. The van der Waals surface area contributed by atoms with E-state index < -0.39 is 0 Å². The summed E-state index contributed by atoms with van der Waals surface area (Å²) >= 11 is 11.9. The molecule has 3 aromatic rings. The van der Waals surface area contributed by atoms with Gasteiger partial charge >= 0.3 is 0 Å². The maximum Gasteiger partial charge on any atom is 0.255 e. The van der Waals surface area contributed by atoms with Gasteiger partial charge in [-0.3, -0.25) is 4.79 Å². The first kappa shape index (κ1) is 16.6. The van der Waals surface area contributed by atoms with Gasteiger partial charge in [-0.2, -0.15) is 4.52 Å². The highest BCUT2D eigenvalue weighted by Gasteiger charge is 2.12. The van der Waals surface area contributed by atoms with Gasteiger partial charge in [0.1, 0.15) is 0 Å². The number of nitrogens with zero attached hydrogens (tertiary/aromatic N) is 4. The second-order valence-corrected chi connectivity index (χ2v) is 5.76. The average Bonchev–Trinajstić information content (AvgIpc) is 3.04. The van der Waals surface area contributed by atoms with E-state index in [0.717, 1.165) is 5.56 Å². The Morgan fingerprint density at radius 3 is 3.00 bits per heavy atom. The molecule has 0 aliphatic heterocycles. The number of benzene rings is 1. The maximum atomic E-state index is 12.2. The molecular weight excluding hydrogens is 353 g/mol. The topological polar surface area (TPSA) is 81.4 Å². The van der Waals surface area contributed by atoms with Gasteiger partial charge in [0.15, 0.2) is 5.65 Å². The summed E-state index contributed by atoms with van der Waals surface area (Å²) in [5.41, 5.74) is 1.65. The predicted octanol–water partition coefficient (Wildman–Crippen LogP) is 2.38. The van der Waals surface area contributed by atoms with E-state index >= 15 is 0 Å². The molecule has 0 fully saturated rings. The standard InChI is InChI=1S/C15H13Cl2N5O2/c16-11-4-3-10(13(17)8-11)9-24-7-5-18-15(23)12-2-1-6-22-14(12)19-20-21-22/h1-4,6,8H,5,7,9H2,(H,18,23). The summed E-state index contributed by atoms with van der Waals surface area (Å²) < 4.78 is 6.95. The van der Waals surface area contributed by atoms with Gasteiger partial charge in [0.05, 0.1) is 18.8 Å². The van der Waals surface area contributed by atoms with Crippen molar-refractivity contribution in [1.82, 2.24) is 25.4 Å². The van der Waals surface area contributed by atoms with Crippen molar-refractivity contribution in [2.45, 2.75) is 6.61 Å². The van der Waals surface area contributed by atoms with Crippen LogP contribution < -0.4 is 5.32 Å². The Morgan fingerprint density at radius 2 is 2.17 bits per heavy atom. The van der Waals surface area contributed by atoms with E-state index in [-0.39, 0.29) is 5.91 Å². The third-order valence-corrected chi connectivity index (χ3v) is 3.86. The smallest absolute Gasteiger partial charge is 0.255 e. The van der Waals surface area contributed by atoms with Crippen LogP contribution in [0.4, 0.5) is 0 Å². The lowest BCUT2D eigenvalue weighted by Crippen LogP contribution is -2.27. The molecule has 0 aliphatic carbocycles. The molecule has 124 valence electrons. The fourth-order valence-electron chi connectivity index (χ4n) is 2.10. The Labute approximate surface area is 147 Å². The lowest BCUT2D eigenvalue weighted by atomic mass is 10.2. The summed E-state index contributed by atoms with van der Waals surface area (Å²) in [7, 11) is 0. The van der Waals surface area contributed by atoms with Crippen molar-refractivity contribution in [3.05, 3.63) is 57.7 Å². The largest absolute Gasteiger partial charge is 0.375 e. The number of halogens is 2. The number of carbonyl (C=O) groups excluding carboxylic acids is 1. The van der Waals surface area contributed by atoms with E-state index in [9.17, 15) is 4.79 Å². The normalized spacial score (nSPS) is 10.9. The number of carbonyl (C=O) groups is 1. The summed E-state index contributed by atoms with van der Waals surface area (Å²) in [5, 5.41) is 15.0. The maximum absolute atomic E-state index is 12.2. The van der Waals surface area contributed by atoms with E-state index in [1.165, 1.54) is 4.52 Å². The molecule has 0 saturated carbocycles. The van der Waals surface area contributed by atoms with Crippen LogP contribution in [-0.4, -0.2) is 39.1 Å². The molecule has 0 saturated heterocycles. The van der Waals surface area contributed by atoms with Crippen molar-refractivity contribution in [3.8, 4) is 0 Å². The summed E-state index contributed by atoms with van der Waals surface area (Å²) in [5.74, 6) is -0.261. The van der Waals surface area contributed by atoms with Crippen LogP contribution in [-0.2, 0) is 11.3 Å². The van der Waals surface area contributed by atoms with E-state index in [1.54, 1.807) is 30.5 Å².